The molecular formula is C36H29ClF6N8O5S. The number of amides is 1. The molecule has 2 N–H and O–H groups in total. The molecule has 57 heavy (non-hydrogen) atoms. The van der Waals surface area contributed by atoms with Gasteiger partial charge in [-0.05, 0) is 54.3 Å². The summed E-state index contributed by atoms with van der Waals surface area (Å²) >= 11 is 6.57. The normalized spacial score (nSPS) is 17.5. The van der Waals surface area contributed by atoms with Crippen molar-refractivity contribution in [3.8, 4) is 11.4 Å². The number of carbonyl (C=O) groups excluding carboxylic acids is 1. The molecule has 1 saturated carbocycles. The number of benzene rings is 3. The second kappa shape index (κ2) is 13.5. The molecule has 13 nitrogen and oxygen atoms in total. The number of nitrogens with zero attached hydrogens (tertiary/aromatic N) is 6. The highest BCUT2D eigenvalue weighted by Gasteiger charge is 2.67. The second-order valence-corrected chi connectivity index (χ2v) is 16.1. The molecule has 0 saturated heterocycles. The minimum absolute atomic E-state index is 0.000265. The molecule has 0 spiro atoms. The number of rotatable bonds is 11. The van der Waals surface area contributed by atoms with Crippen LogP contribution in [-0.2, 0) is 40.8 Å². The predicted molar refractivity (Wildman–Crippen MR) is 195 cm³/mol. The van der Waals surface area contributed by atoms with Crippen LogP contribution < -0.4 is 20.3 Å². The standard InChI is InChI=1S/C36H29ClF6N8O5S/c1-49-30-25(7-6-22(37)28(30)33(47-49)48-57(3,54)55)51-34(45-23-12-18(56-2)4-5-19(23)35(51)53)24(10-15-8-16(38)11-17(39)9-15)44-26(52)14-50-31-27(29(46-50)32(40)41)20-13-21(20)36(31,42)43/h4-9,11-12,20-21,24,32H,10,13-14H2,1-3H3,(H,44,52)(H,47,48)/t20-,21+,24-/m0/s1. The average molecular weight is 835 g/mol. The number of aryl methyl sites for hydroxylation is 1. The van der Waals surface area contributed by atoms with E-state index in [1.54, 1.807) is 0 Å². The number of ether oxygens (including phenoxy) is 1. The van der Waals surface area contributed by atoms with E-state index in [1.807, 2.05) is 0 Å². The van der Waals surface area contributed by atoms with Gasteiger partial charge < -0.3 is 10.1 Å². The van der Waals surface area contributed by atoms with Crippen LogP contribution in [0.2, 0.25) is 5.02 Å². The van der Waals surface area contributed by atoms with Crippen molar-refractivity contribution in [3.63, 3.8) is 0 Å². The van der Waals surface area contributed by atoms with Crippen LogP contribution in [0.4, 0.5) is 32.2 Å². The zero-order chi connectivity index (χ0) is 40.9. The molecule has 2 aliphatic rings. The van der Waals surface area contributed by atoms with Crippen molar-refractivity contribution in [2.75, 3.05) is 18.1 Å². The molecule has 3 atom stereocenters. The average Bonchev–Trinajstić information content (AvgIpc) is 3.66. The summed E-state index contributed by atoms with van der Waals surface area (Å²) in [6, 6.07) is 8.18. The van der Waals surface area contributed by atoms with Gasteiger partial charge in [-0.1, -0.05) is 11.6 Å². The Kier molecular flexibility index (Phi) is 9.06. The first-order valence-corrected chi connectivity index (χ1v) is 19.4. The maximum atomic E-state index is 15.4. The molecule has 0 radical (unpaired) electrons. The first-order valence-electron chi connectivity index (χ1n) is 17.1. The summed E-state index contributed by atoms with van der Waals surface area (Å²) in [7, 11) is -1.07. The molecule has 0 bridgehead atoms. The van der Waals surface area contributed by atoms with E-state index >= 15 is 8.78 Å². The van der Waals surface area contributed by atoms with Crippen molar-refractivity contribution < 1.29 is 44.3 Å². The number of alkyl halides is 4. The van der Waals surface area contributed by atoms with Crippen molar-refractivity contribution in [1.29, 1.82) is 0 Å². The monoisotopic (exact) mass is 834 g/mol. The highest BCUT2D eigenvalue weighted by molar-refractivity contribution is 7.92. The van der Waals surface area contributed by atoms with Crippen LogP contribution in [0.3, 0.4) is 0 Å². The molecular weight excluding hydrogens is 806 g/mol. The molecule has 2 aliphatic carbocycles. The highest BCUT2D eigenvalue weighted by atomic mass is 35.5. The maximum Gasteiger partial charge on any atom is 0.293 e. The van der Waals surface area contributed by atoms with Crippen molar-refractivity contribution in [1.82, 2.24) is 34.4 Å². The topological polar surface area (TPSA) is 155 Å². The number of halogens is 7. The number of carbonyl (C=O) groups is 1. The zero-order valence-electron chi connectivity index (χ0n) is 29.8. The SMILES string of the molecule is COc1ccc2c(=O)n(-c3ccc(Cl)c4c(NS(C)(=O)=O)nn(C)c34)c([C@H](Cc3cc(F)cc(F)c3)NC(=O)Cn3nc(C(F)F)c4c3C(F)(F)[C@@H]3C[C@H]43)nc2c1. The van der Waals surface area contributed by atoms with Crippen molar-refractivity contribution in [3.05, 3.63) is 104 Å². The van der Waals surface area contributed by atoms with Crippen LogP contribution in [0.1, 0.15) is 53.1 Å². The van der Waals surface area contributed by atoms with Gasteiger partial charge in [0, 0.05) is 37.1 Å². The maximum absolute atomic E-state index is 15.4. The Labute approximate surface area is 323 Å². The fraction of sp³-hybridized carbons (Fsp3) is 0.306. The van der Waals surface area contributed by atoms with Crippen molar-refractivity contribution >= 4 is 55.2 Å². The summed E-state index contributed by atoms with van der Waals surface area (Å²) < 4.78 is 123. The van der Waals surface area contributed by atoms with Crippen LogP contribution in [0.5, 0.6) is 5.75 Å². The molecule has 8 rings (SSSR count). The summed E-state index contributed by atoms with van der Waals surface area (Å²) in [6.45, 7) is -0.975. The van der Waals surface area contributed by atoms with Crippen LogP contribution in [0.25, 0.3) is 27.5 Å². The Bertz CT molecular complexity index is 2830. The van der Waals surface area contributed by atoms with Gasteiger partial charge in [0.25, 0.3) is 17.9 Å². The van der Waals surface area contributed by atoms with E-state index in [-0.39, 0.29) is 67.5 Å². The smallest absolute Gasteiger partial charge is 0.293 e. The Morgan fingerprint density at radius 1 is 1.09 bits per heavy atom. The van der Waals surface area contributed by atoms with Crippen molar-refractivity contribution in [2.24, 2.45) is 13.0 Å². The molecule has 21 heteroatoms. The van der Waals surface area contributed by atoms with Crippen LogP contribution in [-0.4, -0.2) is 56.8 Å². The van der Waals surface area contributed by atoms with Crippen LogP contribution in [0.15, 0.2) is 53.3 Å². The lowest BCUT2D eigenvalue weighted by Gasteiger charge is -2.24. The molecule has 0 aliphatic heterocycles. The summed E-state index contributed by atoms with van der Waals surface area (Å²) in [5.41, 5.74) is -2.51. The lowest BCUT2D eigenvalue weighted by molar-refractivity contribution is -0.123. The van der Waals surface area contributed by atoms with Gasteiger partial charge in [0.05, 0.1) is 51.9 Å². The fourth-order valence-corrected chi connectivity index (χ4v) is 8.42. The number of nitrogens with one attached hydrogen (secondary N) is 2. The molecule has 1 fully saturated rings. The fourth-order valence-electron chi connectivity index (χ4n) is 7.69. The number of hydrogen-bond acceptors (Lipinski definition) is 8. The van der Waals surface area contributed by atoms with E-state index in [0.29, 0.717) is 10.7 Å². The summed E-state index contributed by atoms with van der Waals surface area (Å²) in [5, 5.41) is 10.8. The number of anilines is 1. The van der Waals surface area contributed by atoms with Gasteiger partial charge in [-0.25, -0.2) is 31.0 Å². The number of methoxy groups -OCH3 is 1. The van der Waals surface area contributed by atoms with Crippen LogP contribution in [0, 0.1) is 17.6 Å². The third kappa shape index (κ3) is 6.63. The Morgan fingerprint density at radius 2 is 1.81 bits per heavy atom. The predicted octanol–water partition coefficient (Wildman–Crippen LogP) is 6.03. The third-order valence-corrected chi connectivity index (χ3v) is 10.9. The van der Waals surface area contributed by atoms with E-state index in [0.717, 1.165) is 23.0 Å². The molecule has 298 valence electrons. The van der Waals surface area contributed by atoms with E-state index in [4.69, 9.17) is 21.3 Å². The largest absolute Gasteiger partial charge is 0.497 e. The van der Waals surface area contributed by atoms with E-state index < -0.39 is 87.7 Å². The lowest BCUT2D eigenvalue weighted by atomic mass is 10.0. The Balaban J connectivity index is 1.33. The Morgan fingerprint density at radius 3 is 2.47 bits per heavy atom. The van der Waals surface area contributed by atoms with Gasteiger partial charge in [-0.15, -0.1) is 0 Å². The zero-order valence-corrected chi connectivity index (χ0v) is 31.4. The van der Waals surface area contributed by atoms with E-state index in [9.17, 15) is 35.6 Å². The number of hydrogen-bond donors (Lipinski definition) is 2. The third-order valence-electron chi connectivity index (χ3n) is 10.0. The van der Waals surface area contributed by atoms with Gasteiger partial charge in [-0.2, -0.15) is 19.0 Å². The molecule has 3 aromatic carbocycles. The van der Waals surface area contributed by atoms with Gasteiger partial charge in [0.2, 0.25) is 15.9 Å². The van der Waals surface area contributed by atoms with Gasteiger partial charge in [0.1, 0.15) is 41.1 Å². The van der Waals surface area contributed by atoms with Gasteiger partial charge in [-0.3, -0.25) is 28.2 Å². The van der Waals surface area contributed by atoms with Gasteiger partial charge in [0.15, 0.2) is 5.82 Å². The first kappa shape index (κ1) is 38.3. The summed E-state index contributed by atoms with van der Waals surface area (Å²) in [4.78, 5) is 33.4. The number of fused-ring (bicyclic) bond motifs is 5. The minimum Gasteiger partial charge on any atom is -0.497 e. The molecule has 1 amide bonds. The lowest BCUT2D eigenvalue weighted by Crippen LogP contribution is -2.38. The summed E-state index contributed by atoms with van der Waals surface area (Å²) in [6.07, 6.45) is -2.75. The highest BCUT2D eigenvalue weighted by Crippen LogP contribution is 2.68. The molecule has 6 aromatic rings. The number of aromatic nitrogens is 6. The molecule has 0 unspecified atom stereocenters. The van der Waals surface area contributed by atoms with E-state index in [1.165, 1.54) is 49.2 Å². The van der Waals surface area contributed by atoms with Crippen molar-refractivity contribution in [2.45, 2.75) is 43.7 Å². The first-order chi connectivity index (χ1) is 26.9. The molecule has 3 heterocycles. The quantitative estimate of drug-likeness (QED) is 0.150. The Hall–Kier alpha value is -5.63. The van der Waals surface area contributed by atoms with Crippen LogP contribution >= 0.6 is 11.6 Å². The summed E-state index contributed by atoms with van der Waals surface area (Å²) in [5.74, 6) is -8.71. The van der Waals surface area contributed by atoms with Gasteiger partial charge >= 0.3 is 0 Å². The minimum atomic E-state index is -3.89. The second-order valence-electron chi connectivity index (χ2n) is 13.9. The number of sulfonamides is 1. The molecule has 3 aromatic heterocycles. The van der Waals surface area contributed by atoms with E-state index in [2.05, 4.69) is 20.2 Å².